The molecule has 0 fully saturated rings. The van der Waals surface area contributed by atoms with Crippen LogP contribution in [0.5, 0.6) is 5.75 Å². The first-order valence-electron chi connectivity index (χ1n) is 7.51. The summed E-state index contributed by atoms with van der Waals surface area (Å²) in [6, 6.07) is 14.5. The van der Waals surface area contributed by atoms with Crippen molar-refractivity contribution in [2.75, 3.05) is 13.7 Å². The van der Waals surface area contributed by atoms with Crippen LogP contribution in [0.3, 0.4) is 0 Å². The van der Waals surface area contributed by atoms with Crippen molar-refractivity contribution in [3.8, 4) is 23.3 Å². The highest BCUT2D eigenvalue weighted by Gasteiger charge is 2.06. The molecule has 25 heavy (non-hydrogen) atoms. The maximum absolute atomic E-state index is 12.2. The fourth-order valence-corrected chi connectivity index (χ4v) is 2.18. The van der Waals surface area contributed by atoms with Gasteiger partial charge in [0, 0.05) is 5.56 Å². The minimum absolute atomic E-state index is 0.218. The van der Waals surface area contributed by atoms with Crippen molar-refractivity contribution in [1.82, 2.24) is 25.5 Å². The largest absolute Gasteiger partial charge is 0.495 e. The molecular weight excluding hydrogens is 318 g/mol. The number of methoxy groups -OCH3 is 1. The first-order valence-corrected chi connectivity index (χ1v) is 7.51. The lowest BCUT2D eigenvalue weighted by Gasteiger charge is -2.04. The zero-order valence-corrected chi connectivity index (χ0v) is 13.5. The molecule has 0 bridgehead atoms. The van der Waals surface area contributed by atoms with Gasteiger partial charge in [0.05, 0.1) is 24.9 Å². The van der Waals surface area contributed by atoms with E-state index in [1.165, 1.54) is 11.0 Å². The molecule has 3 aromatic rings. The second-order valence-corrected chi connectivity index (χ2v) is 4.99. The predicted molar refractivity (Wildman–Crippen MR) is 91.4 cm³/mol. The number of hydrogen-bond donors (Lipinski definition) is 1. The van der Waals surface area contributed by atoms with Gasteiger partial charge in [-0.3, -0.25) is 4.79 Å². The van der Waals surface area contributed by atoms with Gasteiger partial charge in [0.15, 0.2) is 0 Å². The van der Waals surface area contributed by atoms with Crippen LogP contribution in [0, 0.1) is 11.8 Å². The predicted octanol–water partition coefficient (Wildman–Crippen LogP) is 1.45. The Hall–Kier alpha value is -3.66. The molecule has 1 heterocycles. The summed E-state index contributed by atoms with van der Waals surface area (Å²) in [4.78, 5) is 12.2. The topological polar surface area (TPSA) is 81.9 Å². The summed E-state index contributed by atoms with van der Waals surface area (Å²) >= 11 is 0. The third-order valence-corrected chi connectivity index (χ3v) is 3.39. The lowest BCUT2D eigenvalue weighted by atomic mass is 10.2. The fourth-order valence-electron chi connectivity index (χ4n) is 2.18. The van der Waals surface area contributed by atoms with Crippen molar-refractivity contribution in [3.05, 3.63) is 66.0 Å². The van der Waals surface area contributed by atoms with Gasteiger partial charge >= 0.3 is 0 Å². The van der Waals surface area contributed by atoms with E-state index >= 15 is 0 Å². The molecule has 3 rings (SSSR count). The Kier molecular flexibility index (Phi) is 5.02. The number of aromatic nitrogens is 4. The maximum atomic E-state index is 12.2. The first-order chi connectivity index (χ1) is 12.3. The number of carbonyl (C=O) groups is 1. The van der Waals surface area contributed by atoms with E-state index < -0.39 is 0 Å². The third kappa shape index (κ3) is 4.00. The molecule has 1 amide bonds. The summed E-state index contributed by atoms with van der Waals surface area (Å²) in [6.07, 6.45) is 1.47. The van der Waals surface area contributed by atoms with Crippen molar-refractivity contribution in [2.45, 2.75) is 0 Å². The van der Waals surface area contributed by atoms with E-state index in [-0.39, 0.29) is 12.5 Å². The average molecular weight is 333 g/mol. The molecule has 1 aromatic heterocycles. The number of nitrogens with zero attached hydrogens (tertiary/aromatic N) is 4. The van der Waals surface area contributed by atoms with Crippen LogP contribution in [0.2, 0.25) is 0 Å². The van der Waals surface area contributed by atoms with Crippen LogP contribution in [-0.4, -0.2) is 39.8 Å². The zero-order valence-electron chi connectivity index (χ0n) is 13.5. The van der Waals surface area contributed by atoms with Gasteiger partial charge in [-0.05, 0) is 40.8 Å². The Bertz CT molecular complexity index is 926. The first kappa shape index (κ1) is 16.2. The van der Waals surface area contributed by atoms with Crippen molar-refractivity contribution in [2.24, 2.45) is 0 Å². The van der Waals surface area contributed by atoms with Crippen molar-refractivity contribution in [3.63, 3.8) is 0 Å². The summed E-state index contributed by atoms with van der Waals surface area (Å²) in [5, 5.41) is 13.7. The SMILES string of the molecule is COc1ccccc1C#CCNC(=O)c1cccc(-n2cnnn2)c1. The second kappa shape index (κ2) is 7.75. The van der Waals surface area contributed by atoms with Crippen LogP contribution in [-0.2, 0) is 0 Å². The van der Waals surface area contributed by atoms with Gasteiger partial charge in [0.2, 0.25) is 0 Å². The lowest BCUT2D eigenvalue weighted by Crippen LogP contribution is -2.23. The molecule has 0 aliphatic heterocycles. The molecule has 7 nitrogen and oxygen atoms in total. The number of carbonyl (C=O) groups excluding carboxylic acids is 1. The Labute approximate surface area is 144 Å². The number of amides is 1. The van der Waals surface area contributed by atoms with Gasteiger partial charge in [-0.15, -0.1) is 5.10 Å². The highest BCUT2D eigenvalue weighted by molar-refractivity contribution is 5.94. The number of hydrogen-bond acceptors (Lipinski definition) is 5. The molecule has 1 N–H and O–H groups in total. The minimum Gasteiger partial charge on any atom is -0.495 e. The smallest absolute Gasteiger partial charge is 0.252 e. The van der Waals surface area contributed by atoms with Crippen LogP contribution in [0.4, 0.5) is 0 Å². The van der Waals surface area contributed by atoms with E-state index in [1.54, 1.807) is 25.3 Å². The highest BCUT2D eigenvalue weighted by Crippen LogP contribution is 2.15. The van der Waals surface area contributed by atoms with E-state index in [2.05, 4.69) is 32.7 Å². The molecule has 0 atom stereocenters. The standard InChI is InChI=1S/C18H15N5O2/c1-25-17-10-3-2-6-14(17)8-5-11-19-18(24)15-7-4-9-16(12-15)23-13-20-21-22-23/h2-4,6-7,9-10,12-13H,11H2,1H3,(H,19,24). The van der Waals surface area contributed by atoms with Crippen molar-refractivity contribution in [1.29, 1.82) is 0 Å². The van der Waals surface area contributed by atoms with Gasteiger partial charge in [-0.2, -0.15) is 0 Å². The van der Waals surface area contributed by atoms with Gasteiger partial charge in [0.1, 0.15) is 12.1 Å². The van der Waals surface area contributed by atoms with Gasteiger partial charge in [-0.25, -0.2) is 4.68 Å². The molecule has 0 aliphatic rings. The van der Waals surface area contributed by atoms with Gasteiger partial charge < -0.3 is 10.1 Å². The number of rotatable bonds is 4. The number of tetrazole rings is 1. The van der Waals surface area contributed by atoms with E-state index in [1.807, 2.05) is 30.3 Å². The Morgan fingerprint density at radius 3 is 2.92 bits per heavy atom. The second-order valence-electron chi connectivity index (χ2n) is 4.99. The maximum Gasteiger partial charge on any atom is 0.252 e. The summed E-state index contributed by atoms with van der Waals surface area (Å²) in [5.41, 5.74) is 1.99. The van der Waals surface area contributed by atoms with E-state index in [4.69, 9.17) is 4.74 Å². The summed E-state index contributed by atoms with van der Waals surface area (Å²) in [5.74, 6) is 6.39. The molecule has 0 spiro atoms. The summed E-state index contributed by atoms with van der Waals surface area (Å²) in [7, 11) is 1.60. The quantitative estimate of drug-likeness (QED) is 0.731. The summed E-state index contributed by atoms with van der Waals surface area (Å²) < 4.78 is 6.72. The average Bonchev–Trinajstić information content (AvgIpc) is 3.20. The van der Waals surface area contributed by atoms with Crippen LogP contribution in [0.15, 0.2) is 54.9 Å². The number of nitrogens with one attached hydrogen (secondary N) is 1. The molecule has 124 valence electrons. The summed E-state index contributed by atoms with van der Waals surface area (Å²) in [6.45, 7) is 0.228. The van der Waals surface area contributed by atoms with Crippen LogP contribution < -0.4 is 10.1 Å². The molecule has 0 unspecified atom stereocenters. The molecule has 0 radical (unpaired) electrons. The van der Waals surface area contributed by atoms with E-state index in [0.29, 0.717) is 17.0 Å². The third-order valence-electron chi connectivity index (χ3n) is 3.39. The number of benzene rings is 2. The van der Waals surface area contributed by atoms with Crippen LogP contribution >= 0.6 is 0 Å². The van der Waals surface area contributed by atoms with E-state index in [9.17, 15) is 4.79 Å². The highest BCUT2D eigenvalue weighted by atomic mass is 16.5. The number of para-hydroxylation sites is 1. The van der Waals surface area contributed by atoms with Gasteiger partial charge in [0.25, 0.3) is 5.91 Å². The molecular formula is C18H15N5O2. The Morgan fingerprint density at radius 1 is 1.24 bits per heavy atom. The Morgan fingerprint density at radius 2 is 2.12 bits per heavy atom. The molecule has 7 heteroatoms. The van der Waals surface area contributed by atoms with Crippen molar-refractivity contribution >= 4 is 5.91 Å². The minimum atomic E-state index is -0.218. The molecule has 0 aliphatic carbocycles. The number of ether oxygens (including phenoxy) is 1. The van der Waals surface area contributed by atoms with Gasteiger partial charge in [-0.1, -0.05) is 30.0 Å². The van der Waals surface area contributed by atoms with Crippen molar-refractivity contribution < 1.29 is 9.53 Å². The lowest BCUT2D eigenvalue weighted by molar-refractivity contribution is 0.0958. The van der Waals surface area contributed by atoms with Crippen LogP contribution in [0.25, 0.3) is 5.69 Å². The Balaban J connectivity index is 1.64. The van der Waals surface area contributed by atoms with E-state index in [0.717, 1.165) is 5.56 Å². The molecule has 0 saturated heterocycles. The monoisotopic (exact) mass is 333 g/mol. The molecule has 0 saturated carbocycles. The normalized spacial score (nSPS) is 9.80. The molecule has 2 aromatic carbocycles. The fraction of sp³-hybridized carbons (Fsp3) is 0.111. The van der Waals surface area contributed by atoms with Crippen LogP contribution in [0.1, 0.15) is 15.9 Å². The zero-order chi connectivity index (χ0) is 17.5.